The second-order valence-corrected chi connectivity index (χ2v) is 4.78. The number of fused-ring (bicyclic) bond motifs is 1. The van der Waals surface area contributed by atoms with Crippen LogP contribution in [0.15, 0.2) is 18.2 Å². The smallest absolute Gasteiger partial charge is 0.224 e. The zero-order chi connectivity index (χ0) is 13.5. The molecule has 1 aromatic rings. The van der Waals surface area contributed by atoms with Crippen LogP contribution < -0.4 is 14.8 Å². The van der Waals surface area contributed by atoms with E-state index >= 15 is 0 Å². The highest BCUT2D eigenvalue weighted by Gasteiger charge is 2.11. The van der Waals surface area contributed by atoms with Crippen LogP contribution in [0.2, 0.25) is 0 Å². The van der Waals surface area contributed by atoms with Gasteiger partial charge in [0.25, 0.3) is 0 Å². The van der Waals surface area contributed by atoms with Crippen molar-refractivity contribution in [2.75, 3.05) is 24.4 Å². The fourth-order valence-electron chi connectivity index (χ4n) is 1.84. The fraction of sp³-hybridized carbons (Fsp3) is 0.500. The van der Waals surface area contributed by atoms with Crippen LogP contribution in [0.5, 0.6) is 11.5 Å². The summed E-state index contributed by atoms with van der Waals surface area (Å²) in [5.41, 5.74) is 0.736. The van der Waals surface area contributed by atoms with Crippen molar-refractivity contribution in [3.63, 3.8) is 0 Å². The zero-order valence-corrected chi connectivity index (χ0v) is 11.5. The number of benzene rings is 1. The number of nitrogens with one attached hydrogen (secondary N) is 1. The summed E-state index contributed by atoms with van der Waals surface area (Å²) in [4.78, 5) is 11.7. The average molecular weight is 284 g/mol. The summed E-state index contributed by atoms with van der Waals surface area (Å²) in [6, 6.07) is 5.46. The molecule has 19 heavy (non-hydrogen) atoms. The van der Waals surface area contributed by atoms with Gasteiger partial charge in [-0.3, -0.25) is 4.79 Å². The van der Waals surface area contributed by atoms with Crippen molar-refractivity contribution in [2.24, 2.45) is 0 Å². The molecule has 1 amide bonds. The Labute approximate surface area is 118 Å². The molecule has 1 aromatic carbocycles. The molecule has 1 N–H and O–H groups in total. The molecule has 0 saturated carbocycles. The summed E-state index contributed by atoms with van der Waals surface area (Å²) >= 11 is 5.58. The number of halogens is 1. The maximum Gasteiger partial charge on any atom is 0.224 e. The summed E-state index contributed by atoms with van der Waals surface area (Å²) in [6.45, 7) is 1.30. The molecule has 5 heteroatoms. The number of hydrogen-bond acceptors (Lipinski definition) is 3. The van der Waals surface area contributed by atoms with E-state index in [9.17, 15) is 4.79 Å². The minimum absolute atomic E-state index is 0.000364. The molecule has 1 aliphatic rings. The fourth-order valence-corrected chi connectivity index (χ4v) is 2.03. The summed E-state index contributed by atoms with van der Waals surface area (Å²) in [5, 5.41) is 2.85. The van der Waals surface area contributed by atoms with Crippen LogP contribution >= 0.6 is 11.6 Å². The van der Waals surface area contributed by atoms with Crippen LogP contribution in [-0.2, 0) is 4.79 Å². The molecule has 1 aliphatic heterocycles. The second kappa shape index (κ2) is 7.24. The number of carbonyl (C=O) groups is 1. The number of amides is 1. The maximum atomic E-state index is 11.7. The summed E-state index contributed by atoms with van der Waals surface area (Å²) in [6.07, 6.45) is 3.02. The van der Waals surface area contributed by atoms with Crippen molar-refractivity contribution < 1.29 is 14.3 Å². The second-order valence-electron chi connectivity index (χ2n) is 4.41. The Balaban J connectivity index is 1.94. The van der Waals surface area contributed by atoms with Crippen molar-refractivity contribution in [2.45, 2.75) is 25.7 Å². The predicted octanol–water partition coefficient (Wildman–Crippen LogP) is 3.20. The third kappa shape index (κ3) is 4.31. The number of ether oxygens (including phenoxy) is 2. The third-order valence-corrected chi connectivity index (χ3v) is 3.09. The largest absolute Gasteiger partial charge is 0.490 e. The van der Waals surface area contributed by atoms with E-state index in [0.29, 0.717) is 31.3 Å². The molecule has 0 spiro atoms. The number of rotatable bonds is 5. The van der Waals surface area contributed by atoms with E-state index < -0.39 is 0 Å². The Hall–Kier alpha value is -1.42. The van der Waals surface area contributed by atoms with Crippen LogP contribution in [0, 0.1) is 0 Å². The maximum absolute atomic E-state index is 11.7. The monoisotopic (exact) mass is 283 g/mol. The highest BCUT2D eigenvalue weighted by Crippen LogP contribution is 2.32. The van der Waals surface area contributed by atoms with E-state index in [2.05, 4.69) is 5.32 Å². The van der Waals surface area contributed by atoms with Gasteiger partial charge in [0.05, 0.1) is 13.2 Å². The first kappa shape index (κ1) is 14.0. The highest BCUT2D eigenvalue weighted by molar-refractivity contribution is 6.17. The lowest BCUT2D eigenvalue weighted by Gasteiger charge is -2.10. The molecule has 0 radical (unpaired) electrons. The molecular weight excluding hydrogens is 266 g/mol. The van der Waals surface area contributed by atoms with Gasteiger partial charge in [-0.05, 0) is 25.0 Å². The van der Waals surface area contributed by atoms with Crippen LogP contribution in [0.1, 0.15) is 25.7 Å². The first-order valence-corrected chi connectivity index (χ1v) is 7.08. The molecule has 0 unspecified atom stereocenters. The van der Waals surface area contributed by atoms with Gasteiger partial charge in [-0.25, -0.2) is 0 Å². The number of unbranched alkanes of at least 4 members (excludes halogenated alkanes) is 1. The lowest BCUT2D eigenvalue weighted by atomic mass is 10.2. The van der Waals surface area contributed by atoms with Crippen molar-refractivity contribution in [3.05, 3.63) is 18.2 Å². The molecule has 0 saturated heterocycles. The molecule has 0 aliphatic carbocycles. The Morgan fingerprint density at radius 2 is 2.00 bits per heavy atom. The molecule has 0 bridgehead atoms. The van der Waals surface area contributed by atoms with Gasteiger partial charge in [-0.2, -0.15) is 0 Å². The van der Waals surface area contributed by atoms with Gasteiger partial charge in [0.15, 0.2) is 11.5 Å². The minimum atomic E-state index is -0.000364. The molecule has 0 aromatic heterocycles. The number of carbonyl (C=O) groups excluding carboxylic acids is 1. The quantitative estimate of drug-likeness (QED) is 0.667. The molecule has 2 rings (SSSR count). The van der Waals surface area contributed by atoms with Gasteiger partial charge in [0, 0.05) is 30.5 Å². The Kier molecular flexibility index (Phi) is 5.33. The summed E-state index contributed by atoms with van der Waals surface area (Å²) < 4.78 is 11.1. The number of hydrogen-bond donors (Lipinski definition) is 1. The van der Waals surface area contributed by atoms with Gasteiger partial charge < -0.3 is 14.8 Å². The van der Waals surface area contributed by atoms with Crippen molar-refractivity contribution >= 4 is 23.2 Å². The average Bonchev–Trinajstić information content (AvgIpc) is 2.63. The Morgan fingerprint density at radius 3 is 2.79 bits per heavy atom. The SMILES string of the molecule is O=C(CCCCCl)Nc1ccc2c(c1)OCCCO2. The third-order valence-electron chi connectivity index (χ3n) is 2.82. The Morgan fingerprint density at radius 1 is 1.21 bits per heavy atom. The van der Waals surface area contributed by atoms with Crippen LogP contribution in [-0.4, -0.2) is 25.0 Å². The Bertz CT molecular complexity index is 437. The van der Waals surface area contributed by atoms with E-state index in [1.807, 2.05) is 12.1 Å². The van der Waals surface area contributed by atoms with Gasteiger partial charge in [0.2, 0.25) is 5.91 Å². The van der Waals surface area contributed by atoms with Gasteiger partial charge in [-0.1, -0.05) is 0 Å². The van der Waals surface area contributed by atoms with Crippen LogP contribution in [0.3, 0.4) is 0 Å². The van der Waals surface area contributed by atoms with Crippen LogP contribution in [0.4, 0.5) is 5.69 Å². The zero-order valence-electron chi connectivity index (χ0n) is 10.8. The predicted molar refractivity (Wildman–Crippen MR) is 75.2 cm³/mol. The molecule has 104 valence electrons. The van der Waals surface area contributed by atoms with Gasteiger partial charge in [0.1, 0.15) is 0 Å². The van der Waals surface area contributed by atoms with E-state index in [1.165, 1.54) is 0 Å². The standard InChI is InChI=1S/C14H18ClNO3/c15-7-2-1-4-14(17)16-11-5-6-12-13(10-11)19-9-3-8-18-12/h5-6,10H,1-4,7-9H2,(H,16,17). The highest BCUT2D eigenvalue weighted by atomic mass is 35.5. The van der Waals surface area contributed by atoms with E-state index in [4.69, 9.17) is 21.1 Å². The van der Waals surface area contributed by atoms with E-state index in [-0.39, 0.29) is 5.91 Å². The number of anilines is 1. The first-order valence-electron chi connectivity index (χ1n) is 6.55. The summed E-state index contributed by atoms with van der Waals surface area (Å²) in [7, 11) is 0. The van der Waals surface area contributed by atoms with E-state index in [0.717, 1.165) is 30.7 Å². The van der Waals surface area contributed by atoms with E-state index in [1.54, 1.807) is 6.07 Å². The molecule has 4 nitrogen and oxygen atoms in total. The number of alkyl halides is 1. The van der Waals surface area contributed by atoms with Crippen molar-refractivity contribution in [1.82, 2.24) is 0 Å². The molecule has 0 atom stereocenters. The van der Waals surface area contributed by atoms with Crippen molar-refractivity contribution in [3.8, 4) is 11.5 Å². The van der Waals surface area contributed by atoms with Gasteiger partial charge >= 0.3 is 0 Å². The first-order chi connectivity index (χ1) is 9.29. The summed E-state index contributed by atoms with van der Waals surface area (Å²) in [5.74, 6) is 2.02. The molecule has 0 fully saturated rings. The lowest BCUT2D eigenvalue weighted by molar-refractivity contribution is -0.116. The van der Waals surface area contributed by atoms with Gasteiger partial charge in [-0.15, -0.1) is 11.6 Å². The molecule has 1 heterocycles. The topological polar surface area (TPSA) is 47.6 Å². The minimum Gasteiger partial charge on any atom is -0.490 e. The molecular formula is C14H18ClNO3. The lowest BCUT2D eigenvalue weighted by Crippen LogP contribution is -2.11. The van der Waals surface area contributed by atoms with Crippen LogP contribution in [0.25, 0.3) is 0 Å². The van der Waals surface area contributed by atoms with Crippen molar-refractivity contribution in [1.29, 1.82) is 0 Å². The normalized spacial score (nSPS) is 13.7.